The standard InChI is InChI=1S/C20H22N6O5S/c1-4-30-19(28)13-5-7-14(8-6-13)22-18(27)11-31-16-9-15(21-10-17(16)29-3)12-32-20-23-24-25-26(20)2/h5-10H,4,11-12H2,1-3H3,(H,22,27). The first-order valence-corrected chi connectivity index (χ1v) is 10.6. The quantitative estimate of drug-likeness (QED) is 0.356. The van der Waals surface area contributed by atoms with Crippen molar-refractivity contribution in [3.05, 3.63) is 47.8 Å². The van der Waals surface area contributed by atoms with Gasteiger partial charge in [-0.2, -0.15) is 0 Å². The van der Waals surface area contributed by atoms with E-state index in [4.69, 9.17) is 14.2 Å². The van der Waals surface area contributed by atoms with E-state index in [1.807, 2.05) is 0 Å². The SMILES string of the molecule is CCOC(=O)c1ccc(NC(=O)COc2cc(CSc3nnnn3C)ncc2OC)cc1. The largest absolute Gasteiger partial charge is 0.491 e. The van der Waals surface area contributed by atoms with Gasteiger partial charge in [-0.3, -0.25) is 9.78 Å². The highest BCUT2D eigenvalue weighted by molar-refractivity contribution is 7.98. The highest BCUT2D eigenvalue weighted by atomic mass is 32.2. The number of nitrogens with zero attached hydrogens (tertiary/aromatic N) is 5. The number of rotatable bonds is 10. The average molecular weight is 459 g/mol. The maximum atomic E-state index is 12.3. The van der Waals surface area contributed by atoms with Crippen molar-refractivity contribution in [2.75, 3.05) is 25.6 Å². The second-order valence-corrected chi connectivity index (χ2v) is 7.28. The Balaban J connectivity index is 1.57. The van der Waals surface area contributed by atoms with Crippen molar-refractivity contribution in [3.8, 4) is 11.5 Å². The Morgan fingerprint density at radius 2 is 1.97 bits per heavy atom. The van der Waals surface area contributed by atoms with Crippen LogP contribution in [0.2, 0.25) is 0 Å². The van der Waals surface area contributed by atoms with E-state index in [-0.39, 0.29) is 12.5 Å². The molecular formula is C20H22N6O5S. The predicted octanol–water partition coefficient (Wildman–Crippen LogP) is 2.10. The minimum atomic E-state index is -0.414. The van der Waals surface area contributed by atoms with Gasteiger partial charge in [0.1, 0.15) is 0 Å². The Kier molecular flexibility index (Phi) is 7.97. The van der Waals surface area contributed by atoms with E-state index in [1.54, 1.807) is 49.0 Å². The second kappa shape index (κ2) is 11.1. The van der Waals surface area contributed by atoms with Crippen molar-refractivity contribution in [2.45, 2.75) is 17.8 Å². The van der Waals surface area contributed by atoms with E-state index in [0.717, 1.165) is 0 Å². The van der Waals surface area contributed by atoms with Crippen LogP contribution in [0.15, 0.2) is 41.7 Å². The monoisotopic (exact) mass is 458 g/mol. The Labute approximate surface area is 188 Å². The summed E-state index contributed by atoms with van der Waals surface area (Å²) in [6.45, 7) is 1.80. The van der Waals surface area contributed by atoms with Gasteiger partial charge in [0.05, 0.1) is 31.2 Å². The van der Waals surface area contributed by atoms with Gasteiger partial charge in [0, 0.05) is 24.6 Å². The number of benzene rings is 1. The Hall–Kier alpha value is -3.67. The number of hydrogen-bond donors (Lipinski definition) is 1. The number of methoxy groups -OCH3 is 1. The van der Waals surface area contributed by atoms with Crippen LogP contribution < -0.4 is 14.8 Å². The van der Waals surface area contributed by atoms with Crippen molar-refractivity contribution in [1.82, 2.24) is 25.2 Å². The van der Waals surface area contributed by atoms with E-state index in [0.29, 0.717) is 46.0 Å². The summed E-state index contributed by atoms with van der Waals surface area (Å²) in [7, 11) is 3.25. The minimum absolute atomic E-state index is 0.236. The third-order valence-corrected chi connectivity index (χ3v) is 5.12. The van der Waals surface area contributed by atoms with Crippen LogP contribution in [0.25, 0.3) is 0 Å². The van der Waals surface area contributed by atoms with Gasteiger partial charge in [-0.1, -0.05) is 11.8 Å². The molecular weight excluding hydrogens is 436 g/mol. The molecule has 2 heterocycles. The van der Waals surface area contributed by atoms with Crippen LogP contribution in [0.3, 0.4) is 0 Å². The number of amides is 1. The highest BCUT2D eigenvalue weighted by Gasteiger charge is 2.12. The van der Waals surface area contributed by atoms with E-state index < -0.39 is 5.97 Å². The van der Waals surface area contributed by atoms with Crippen LogP contribution >= 0.6 is 11.8 Å². The maximum Gasteiger partial charge on any atom is 0.338 e. The average Bonchev–Trinajstić information content (AvgIpc) is 3.21. The molecule has 11 nitrogen and oxygen atoms in total. The Morgan fingerprint density at radius 3 is 2.62 bits per heavy atom. The van der Waals surface area contributed by atoms with Crippen LogP contribution in [0, 0.1) is 0 Å². The van der Waals surface area contributed by atoms with Crippen molar-refractivity contribution < 1.29 is 23.8 Å². The molecule has 0 saturated carbocycles. The number of carbonyl (C=O) groups excluding carboxylic acids is 2. The lowest BCUT2D eigenvalue weighted by atomic mass is 10.2. The number of carbonyl (C=O) groups is 2. The Bertz CT molecular complexity index is 1070. The van der Waals surface area contributed by atoms with E-state index in [9.17, 15) is 9.59 Å². The molecule has 0 spiro atoms. The molecule has 0 aliphatic heterocycles. The molecule has 12 heteroatoms. The van der Waals surface area contributed by atoms with Crippen molar-refractivity contribution in [3.63, 3.8) is 0 Å². The molecule has 0 aliphatic rings. The van der Waals surface area contributed by atoms with Crippen molar-refractivity contribution in [2.24, 2.45) is 7.05 Å². The van der Waals surface area contributed by atoms with Crippen LogP contribution in [0.4, 0.5) is 5.69 Å². The number of anilines is 1. The van der Waals surface area contributed by atoms with Gasteiger partial charge < -0.3 is 19.5 Å². The normalized spacial score (nSPS) is 10.5. The smallest absolute Gasteiger partial charge is 0.338 e. The van der Waals surface area contributed by atoms with E-state index in [1.165, 1.54) is 25.1 Å². The lowest BCUT2D eigenvalue weighted by molar-refractivity contribution is -0.118. The van der Waals surface area contributed by atoms with Gasteiger partial charge in [-0.25, -0.2) is 9.48 Å². The first-order valence-electron chi connectivity index (χ1n) is 9.58. The fourth-order valence-electron chi connectivity index (χ4n) is 2.54. The van der Waals surface area contributed by atoms with Crippen LogP contribution in [0.1, 0.15) is 23.0 Å². The summed E-state index contributed by atoms with van der Waals surface area (Å²) in [5, 5.41) is 14.6. The van der Waals surface area contributed by atoms with Gasteiger partial charge in [0.2, 0.25) is 5.16 Å². The summed E-state index contributed by atoms with van der Waals surface area (Å²) in [4.78, 5) is 28.3. The zero-order chi connectivity index (χ0) is 22.9. The molecule has 0 aliphatic carbocycles. The first kappa shape index (κ1) is 23.0. The third-order valence-electron chi connectivity index (χ3n) is 4.08. The lowest BCUT2D eigenvalue weighted by Gasteiger charge is -2.12. The van der Waals surface area contributed by atoms with Gasteiger partial charge in [0.25, 0.3) is 5.91 Å². The van der Waals surface area contributed by atoms with Crippen LogP contribution in [-0.4, -0.2) is 57.4 Å². The zero-order valence-corrected chi connectivity index (χ0v) is 18.6. The number of tetrazole rings is 1. The summed E-state index contributed by atoms with van der Waals surface area (Å²) >= 11 is 1.42. The van der Waals surface area contributed by atoms with Gasteiger partial charge in [-0.05, 0) is 41.6 Å². The maximum absolute atomic E-state index is 12.3. The molecule has 0 atom stereocenters. The fraction of sp³-hybridized carbons (Fsp3) is 0.300. The number of pyridine rings is 1. The molecule has 2 aromatic heterocycles. The third kappa shape index (κ3) is 6.17. The number of esters is 1. The van der Waals surface area contributed by atoms with Gasteiger partial charge in [-0.15, -0.1) is 5.10 Å². The second-order valence-electron chi connectivity index (χ2n) is 6.33. The molecule has 168 valence electrons. The molecule has 1 aromatic carbocycles. The first-order chi connectivity index (χ1) is 15.5. The van der Waals surface area contributed by atoms with Gasteiger partial charge >= 0.3 is 5.97 Å². The van der Waals surface area contributed by atoms with Crippen molar-refractivity contribution >= 4 is 29.3 Å². The summed E-state index contributed by atoms with van der Waals surface area (Å²) in [5.74, 6) is 0.525. The molecule has 1 N–H and O–H groups in total. The predicted molar refractivity (Wildman–Crippen MR) is 116 cm³/mol. The summed E-state index contributed by atoms with van der Waals surface area (Å²) in [6, 6.07) is 8.10. The lowest BCUT2D eigenvalue weighted by Crippen LogP contribution is -2.20. The number of nitrogens with one attached hydrogen (secondary N) is 1. The minimum Gasteiger partial charge on any atom is -0.491 e. The molecule has 3 rings (SSSR count). The molecule has 0 radical (unpaired) electrons. The highest BCUT2D eigenvalue weighted by Crippen LogP contribution is 2.29. The molecule has 0 fully saturated rings. The molecule has 0 saturated heterocycles. The topological polar surface area (TPSA) is 130 Å². The fourth-order valence-corrected chi connectivity index (χ4v) is 3.29. The zero-order valence-electron chi connectivity index (χ0n) is 17.8. The number of ether oxygens (including phenoxy) is 3. The number of aromatic nitrogens is 5. The van der Waals surface area contributed by atoms with E-state index >= 15 is 0 Å². The number of hydrogen-bond acceptors (Lipinski definition) is 10. The molecule has 32 heavy (non-hydrogen) atoms. The molecule has 0 bridgehead atoms. The molecule has 3 aromatic rings. The van der Waals surface area contributed by atoms with Crippen LogP contribution in [-0.2, 0) is 22.3 Å². The molecule has 0 unspecified atom stereocenters. The number of thioether (sulfide) groups is 1. The summed E-state index contributed by atoms with van der Waals surface area (Å²) in [6.07, 6.45) is 1.53. The van der Waals surface area contributed by atoms with Gasteiger partial charge in [0.15, 0.2) is 18.1 Å². The van der Waals surface area contributed by atoms with E-state index in [2.05, 4.69) is 25.8 Å². The summed E-state index contributed by atoms with van der Waals surface area (Å²) < 4.78 is 17.4. The summed E-state index contributed by atoms with van der Waals surface area (Å²) in [5.41, 5.74) is 1.65. The number of aryl methyl sites for hydroxylation is 1. The molecule has 1 amide bonds. The van der Waals surface area contributed by atoms with Crippen LogP contribution in [0.5, 0.6) is 11.5 Å². The van der Waals surface area contributed by atoms with Crippen molar-refractivity contribution in [1.29, 1.82) is 0 Å². The Morgan fingerprint density at radius 1 is 1.19 bits per heavy atom.